The molecule has 0 radical (unpaired) electrons. The van der Waals surface area contributed by atoms with Crippen molar-refractivity contribution in [3.8, 4) is 0 Å². The molecule has 2 aromatic heterocycles. The van der Waals surface area contributed by atoms with E-state index in [4.69, 9.17) is 5.73 Å². The van der Waals surface area contributed by atoms with E-state index in [0.29, 0.717) is 12.4 Å². The Labute approximate surface area is 109 Å². The summed E-state index contributed by atoms with van der Waals surface area (Å²) in [6.45, 7) is 2.14. The second kappa shape index (κ2) is 4.71. The van der Waals surface area contributed by atoms with Gasteiger partial charge in [0.25, 0.3) is 10.0 Å². The van der Waals surface area contributed by atoms with E-state index in [1.807, 2.05) is 0 Å². The molecule has 2 aromatic rings. The molecule has 2 heterocycles. The fourth-order valence-corrected chi connectivity index (χ4v) is 3.82. The van der Waals surface area contributed by atoms with Gasteiger partial charge in [-0.3, -0.25) is 9.40 Å². The Morgan fingerprint density at radius 2 is 2.22 bits per heavy atom. The molecule has 3 N–H and O–H groups in total. The van der Waals surface area contributed by atoms with Crippen molar-refractivity contribution in [1.82, 2.24) is 9.78 Å². The number of hydrogen-bond donors (Lipinski definition) is 2. The van der Waals surface area contributed by atoms with Gasteiger partial charge in [-0.1, -0.05) is 0 Å². The average molecular weight is 286 g/mol. The molecule has 0 aliphatic heterocycles. The summed E-state index contributed by atoms with van der Waals surface area (Å²) >= 11 is 1.17. The number of thiophene rings is 1. The van der Waals surface area contributed by atoms with Crippen LogP contribution in [0, 0.1) is 6.92 Å². The summed E-state index contributed by atoms with van der Waals surface area (Å²) in [5.41, 5.74) is 6.22. The Kier molecular flexibility index (Phi) is 3.42. The second-order valence-electron chi connectivity index (χ2n) is 3.82. The Hall–Kier alpha value is -1.38. The van der Waals surface area contributed by atoms with Crippen LogP contribution in [0.15, 0.2) is 22.4 Å². The number of rotatable bonds is 4. The Morgan fingerprint density at radius 1 is 1.50 bits per heavy atom. The molecule has 0 saturated heterocycles. The van der Waals surface area contributed by atoms with Gasteiger partial charge in [0.15, 0.2) is 0 Å². The van der Waals surface area contributed by atoms with Gasteiger partial charge in [-0.15, -0.1) is 11.3 Å². The zero-order valence-electron chi connectivity index (χ0n) is 10.0. The molecule has 0 bridgehead atoms. The highest BCUT2D eigenvalue weighted by Gasteiger charge is 2.18. The van der Waals surface area contributed by atoms with E-state index >= 15 is 0 Å². The van der Waals surface area contributed by atoms with E-state index in [2.05, 4.69) is 9.82 Å². The van der Waals surface area contributed by atoms with Gasteiger partial charge in [-0.2, -0.15) is 5.10 Å². The lowest BCUT2D eigenvalue weighted by Gasteiger charge is -2.05. The lowest BCUT2D eigenvalue weighted by Crippen LogP contribution is -2.14. The molecule has 6 nitrogen and oxygen atoms in total. The Bertz CT molecular complexity index is 657. The summed E-state index contributed by atoms with van der Waals surface area (Å²) < 4.78 is 28.5. The number of nitrogens with zero attached hydrogens (tertiary/aromatic N) is 2. The first-order valence-corrected chi connectivity index (χ1v) is 7.54. The molecule has 98 valence electrons. The van der Waals surface area contributed by atoms with E-state index in [0.717, 1.165) is 10.6 Å². The zero-order chi connectivity index (χ0) is 13.3. The van der Waals surface area contributed by atoms with Gasteiger partial charge in [0.2, 0.25) is 0 Å². The van der Waals surface area contributed by atoms with Crippen LogP contribution in [0.25, 0.3) is 0 Å². The molecular formula is C10H14N4O2S2. The van der Waals surface area contributed by atoms with Crippen molar-refractivity contribution in [2.24, 2.45) is 12.8 Å². The van der Waals surface area contributed by atoms with E-state index in [-0.39, 0.29) is 4.21 Å². The first kappa shape index (κ1) is 13.1. The zero-order valence-corrected chi connectivity index (χ0v) is 11.7. The molecule has 18 heavy (non-hydrogen) atoms. The summed E-state index contributed by atoms with van der Waals surface area (Å²) in [6, 6.07) is 4.95. The highest BCUT2D eigenvalue weighted by Crippen LogP contribution is 2.23. The summed E-state index contributed by atoms with van der Waals surface area (Å²) in [7, 11) is -1.87. The Morgan fingerprint density at radius 3 is 2.72 bits per heavy atom. The van der Waals surface area contributed by atoms with Crippen LogP contribution in [0.3, 0.4) is 0 Å². The molecule has 0 aliphatic rings. The monoisotopic (exact) mass is 286 g/mol. The number of aromatic nitrogens is 2. The molecule has 0 aliphatic carbocycles. The number of nitrogens with one attached hydrogen (secondary N) is 1. The summed E-state index contributed by atoms with van der Waals surface area (Å²) in [6.07, 6.45) is 0. The molecule has 0 aromatic carbocycles. The smallest absolute Gasteiger partial charge is 0.272 e. The van der Waals surface area contributed by atoms with E-state index in [1.54, 1.807) is 32.2 Å². The maximum Gasteiger partial charge on any atom is 0.272 e. The molecule has 0 atom stereocenters. The van der Waals surface area contributed by atoms with E-state index < -0.39 is 10.0 Å². The molecule has 0 spiro atoms. The van der Waals surface area contributed by atoms with Crippen LogP contribution in [0.1, 0.15) is 10.6 Å². The van der Waals surface area contributed by atoms with E-state index in [1.165, 1.54) is 16.0 Å². The van der Waals surface area contributed by atoms with E-state index in [9.17, 15) is 8.42 Å². The minimum absolute atomic E-state index is 0.252. The molecule has 0 saturated carbocycles. The SMILES string of the molecule is Cc1cc(NS(=O)(=O)c2ccc(CN)s2)n(C)n1. The third-order valence-electron chi connectivity index (χ3n) is 2.34. The van der Waals surface area contributed by atoms with Gasteiger partial charge in [0.05, 0.1) is 5.69 Å². The highest BCUT2D eigenvalue weighted by atomic mass is 32.2. The minimum Gasteiger partial charge on any atom is -0.326 e. The normalized spacial score (nSPS) is 11.7. The minimum atomic E-state index is -3.56. The van der Waals surface area contributed by atoms with Gasteiger partial charge in [0, 0.05) is 24.5 Å². The van der Waals surface area contributed by atoms with Crippen LogP contribution in [0.2, 0.25) is 0 Å². The van der Waals surface area contributed by atoms with Crippen LogP contribution < -0.4 is 10.5 Å². The number of aryl methyl sites for hydroxylation is 2. The topological polar surface area (TPSA) is 90.0 Å². The van der Waals surface area contributed by atoms with Crippen molar-refractivity contribution in [1.29, 1.82) is 0 Å². The average Bonchev–Trinajstić information content (AvgIpc) is 2.86. The Balaban J connectivity index is 2.29. The largest absolute Gasteiger partial charge is 0.326 e. The first-order chi connectivity index (χ1) is 8.42. The molecule has 0 unspecified atom stereocenters. The van der Waals surface area contributed by atoms with Gasteiger partial charge in [-0.25, -0.2) is 8.42 Å². The van der Waals surface area contributed by atoms with Crippen LogP contribution >= 0.6 is 11.3 Å². The van der Waals surface area contributed by atoms with Crippen molar-refractivity contribution in [2.75, 3.05) is 4.72 Å². The van der Waals surface area contributed by atoms with Crippen LogP contribution in [0.4, 0.5) is 5.82 Å². The van der Waals surface area contributed by atoms with Gasteiger partial charge < -0.3 is 5.73 Å². The number of hydrogen-bond acceptors (Lipinski definition) is 5. The van der Waals surface area contributed by atoms with Crippen LogP contribution in [-0.4, -0.2) is 18.2 Å². The van der Waals surface area contributed by atoms with Crippen molar-refractivity contribution in [3.05, 3.63) is 28.8 Å². The summed E-state index contributed by atoms with van der Waals surface area (Å²) in [5.74, 6) is 0.440. The molecule has 8 heteroatoms. The van der Waals surface area contributed by atoms with Gasteiger partial charge in [-0.05, 0) is 19.1 Å². The van der Waals surface area contributed by atoms with Gasteiger partial charge >= 0.3 is 0 Å². The maximum atomic E-state index is 12.1. The predicted molar refractivity (Wildman–Crippen MR) is 71.0 cm³/mol. The second-order valence-corrected chi connectivity index (χ2v) is 6.90. The number of nitrogens with two attached hydrogens (primary N) is 1. The lowest BCUT2D eigenvalue weighted by molar-refractivity contribution is 0.602. The standard InChI is InChI=1S/C10H14N4O2S2/c1-7-5-9(14(2)12-7)13-18(15,16)10-4-3-8(6-11)17-10/h3-5,13H,6,11H2,1-2H3. The summed E-state index contributed by atoms with van der Waals surface area (Å²) in [4.78, 5) is 0.830. The maximum absolute atomic E-state index is 12.1. The van der Waals surface area contributed by atoms with Crippen molar-refractivity contribution in [3.63, 3.8) is 0 Å². The fraction of sp³-hybridized carbons (Fsp3) is 0.300. The third kappa shape index (κ3) is 2.55. The van der Waals surface area contributed by atoms with Crippen molar-refractivity contribution < 1.29 is 8.42 Å². The third-order valence-corrected chi connectivity index (χ3v) is 5.30. The molecular weight excluding hydrogens is 272 g/mol. The quantitative estimate of drug-likeness (QED) is 0.879. The first-order valence-electron chi connectivity index (χ1n) is 5.24. The summed E-state index contributed by atoms with van der Waals surface area (Å²) in [5, 5.41) is 4.08. The molecule has 2 rings (SSSR count). The van der Waals surface area contributed by atoms with Crippen LogP contribution in [0.5, 0.6) is 0 Å². The molecule has 0 fully saturated rings. The molecule has 0 amide bonds. The number of sulfonamides is 1. The van der Waals surface area contributed by atoms with Crippen LogP contribution in [-0.2, 0) is 23.6 Å². The van der Waals surface area contributed by atoms with Gasteiger partial charge in [0.1, 0.15) is 10.0 Å². The fourth-order valence-electron chi connectivity index (χ4n) is 1.51. The van der Waals surface area contributed by atoms with Crippen molar-refractivity contribution in [2.45, 2.75) is 17.7 Å². The predicted octanol–water partition coefficient (Wildman–Crippen LogP) is 1.05. The highest BCUT2D eigenvalue weighted by molar-refractivity contribution is 7.94. The lowest BCUT2D eigenvalue weighted by atomic mass is 10.5. The number of anilines is 1. The van der Waals surface area contributed by atoms with Crippen molar-refractivity contribution >= 4 is 27.2 Å².